The molecule has 7 nitrogen and oxygen atoms in total. The third-order valence-corrected chi connectivity index (χ3v) is 7.75. The first kappa shape index (κ1) is 23.3. The molecular formula is C25H23F2N5O2S. The quantitative estimate of drug-likeness (QED) is 0.471. The molecule has 1 aliphatic heterocycles. The van der Waals surface area contributed by atoms with Crippen LogP contribution in [0.3, 0.4) is 0 Å². The molecule has 0 radical (unpaired) electrons. The molecule has 2 aliphatic rings. The smallest absolute Gasteiger partial charge is 0.164 e. The molecule has 3 heterocycles. The Labute approximate surface area is 205 Å². The van der Waals surface area contributed by atoms with E-state index < -0.39 is 17.2 Å². The number of anilines is 2. The highest BCUT2D eigenvalue weighted by atomic mass is 32.2. The minimum Gasteiger partial charge on any atom is -0.479 e. The van der Waals surface area contributed by atoms with Crippen LogP contribution in [0.5, 0.6) is 5.75 Å². The molecule has 2 aromatic heterocycles. The Morgan fingerprint density at radius 1 is 1.31 bits per heavy atom. The van der Waals surface area contributed by atoms with E-state index in [-0.39, 0.29) is 22.8 Å². The highest BCUT2D eigenvalue weighted by Crippen LogP contribution is 2.66. The average Bonchev–Trinajstić information content (AvgIpc) is 3.54. The molecule has 5 rings (SSSR count). The van der Waals surface area contributed by atoms with E-state index in [0.29, 0.717) is 34.5 Å². The zero-order valence-corrected chi connectivity index (χ0v) is 20.0. The van der Waals surface area contributed by atoms with Crippen LogP contribution < -0.4 is 15.8 Å². The lowest BCUT2D eigenvalue weighted by molar-refractivity contribution is 0.184. The number of amidine groups is 1. The molecule has 0 saturated heterocycles. The van der Waals surface area contributed by atoms with Crippen molar-refractivity contribution < 1.29 is 18.3 Å². The molecule has 0 bridgehead atoms. The fraction of sp³-hybridized carbons (Fsp3) is 0.320. The Balaban J connectivity index is 1.52. The van der Waals surface area contributed by atoms with Gasteiger partial charge < -0.3 is 20.5 Å². The average molecular weight is 496 g/mol. The predicted octanol–water partition coefficient (Wildman–Crippen LogP) is 4.35. The molecule has 3 atom stereocenters. The minimum absolute atomic E-state index is 0.0461. The molecule has 0 amide bonds. The van der Waals surface area contributed by atoms with Gasteiger partial charge >= 0.3 is 0 Å². The molecule has 0 spiro atoms. The van der Waals surface area contributed by atoms with Crippen LogP contribution in [0.1, 0.15) is 18.9 Å². The molecule has 1 aliphatic carbocycles. The number of benzene rings is 1. The summed E-state index contributed by atoms with van der Waals surface area (Å²) in [6.07, 6.45) is 9.10. The highest BCUT2D eigenvalue weighted by Gasteiger charge is 2.66. The highest BCUT2D eigenvalue weighted by molar-refractivity contribution is 8.15. The van der Waals surface area contributed by atoms with E-state index in [0.717, 1.165) is 17.9 Å². The molecule has 180 valence electrons. The number of hydrogen-bond acceptors (Lipinski definition) is 8. The molecule has 35 heavy (non-hydrogen) atoms. The number of nitrogens with zero attached hydrogens (tertiary/aromatic N) is 3. The second-order valence-corrected chi connectivity index (χ2v) is 10.2. The number of fused-ring (bicyclic) bond motifs is 2. The van der Waals surface area contributed by atoms with Gasteiger partial charge in [-0.2, -0.15) is 0 Å². The van der Waals surface area contributed by atoms with E-state index in [1.165, 1.54) is 18.0 Å². The molecule has 3 N–H and O–H groups in total. The van der Waals surface area contributed by atoms with E-state index in [4.69, 9.17) is 21.6 Å². The first-order valence-electron chi connectivity index (χ1n) is 10.9. The van der Waals surface area contributed by atoms with Crippen LogP contribution >= 0.6 is 11.8 Å². The normalized spacial score (nSPS) is 24.9. The Kier molecular flexibility index (Phi) is 5.77. The maximum Gasteiger partial charge on any atom is 0.164 e. The zero-order chi connectivity index (χ0) is 24.8. The van der Waals surface area contributed by atoms with Crippen molar-refractivity contribution in [1.82, 2.24) is 9.97 Å². The molecular weight excluding hydrogens is 472 g/mol. The van der Waals surface area contributed by atoms with E-state index in [2.05, 4.69) is 26.2 Å². The van der Waals surface area contributed by atoms with Crippen LogP contribution in [0.15, 0.2) is 41.7 Å². The Morgan fingerprint density at radius 2 is 2.14 bits per heavy atom. The molecule has 0 unspecified atom stereocenters. The van der Waals surface area contributed by atoms with Crippen molar-refractivity contribution in [2.24, 2.45) is 16.6 Å². The number of methoxy groups -OCH3 is 1. The first-order valence-corrected chi connectivity index (χ1v) is 11.7. The van der Waals surface area contributed by atoms with Gasteiger partial charge in [-0.05, 0) is 31.5 Å². The molecule has 1 saturated carbocycles. The zero-order valence-electron chi connectivity index (χ0n) is 19.1. The molecule has 1 fully saturated rings. The van der Waals surface area contributed by atoms with Crippen molar-refractivity contribution >= 4 is 39.3 Å². The van der Waals surface area contributed by atoms with Gasteiger partial charge in [0.15, 0.2) is 22.6 Å². The van der Waals surface area contributed by atoms with E-state index >= 15 is 4.39 Å². The summed E-state index contributed by atoms with van der Waals surface area (Å²) in [5, 5.41) is 4.16. The number of rotatable bonds is 7. The largest absolute Gasteiger partial charge is 0.479 e. The monoisotopic (exact) mass is 495 g/mol. The summed E-state index contributed by atoms with van der Waals surface area (Å²) in [6.45, 7) is 2.37. The second-order valence-electron chi connectivity index (χ2n) is 8.79. The van der Waals surface area contributed by atoms with Crippen LogP contribution in [-0.2, 0) is 10.3 Å². The summed E-state index contributed by atoms with van der Waals surface area (Å²) in [5.74, 6) is 1.33. The summed E-state index contributed by atoms with van der Waals surface area (Å²) in [6, 6.07) is 6.20. The lowest BCUT2D eigenvalue weighted by atomic mass is 9.85. The number of pyridine rings is 2. The topological polar surface area (TPSA) is 94.7 Å². The van der Waals surface area contributed by atoms with Crippen molar-refractivity contribution in [3.8, 4) is 18.1 Å². The summed E-state index contributed by atoms with van der Waals surface area (Å²) >= 11 is 1.44. The maximum atomic E-state index is 15.2. The fourth-order valence-corrected chi connectivity index (χ4v) is 6.28. The van der Waals surface area contributed by atoms with Crippen molar-refractivity contribution in [3.05, 3.63) is 53.9 Å². The molecule has 3 aromatic rings. The first-order chi connectivity index (χ1) is 16.8. The number of halogens is 2. The summed E-state index contributed by atoms with van der Waals surface area (Å²) < 4.78 is 40.5. The van der Waals surface area contributed by atoms with Gasteiger partial charge in [-0.1, -0.05) is 17.7 Å². The van der Waals surface area contributed by atoms with Gasteiger partial charge in [0.05, 0.1) is 23.1 Å². The number of ether oxygens (including phenoxy) is 2. The van der Waals surface area contributed by atoms with E-state index in [9.17, 15) is 4.39 Å². The fourth-order valence-electron chi connectivity index (χ4n) is 4.83. The van der Waals surface area contributed by atoms with E-state index in [1.807, 2.05) is 0 Å². The Bertz CT molecular complexity index is 1390. The van der Waals surface area contributed by atoms with Gasteiger partial charge in [0.25, 0.3) is 0 Å². The van der Waals surface area contributed by atoms with Crippen LogP contribution in [-0.4, -0.2) is 40.2 Å². The standard InChI is InChI=1S/C25H23F2N5O2S/c1-4-7-34-16-8-14-5-6-29-22(21(14)30-12-16)31-15-9-17(20(27)18(26)10-15)24(2)19-11-25(19,13-33-3)35-23(28)32-24/h1,5-6,8-10,12,19H,7,11,13H2,2-3H3,(H2,28,32)(H,29,31)/t19-,24-,25+/m0/s1. The lowest BCUT2D eigenvalue weighted by Crippen LogP contribution is -2.37. The van der Waals surface area contributed by atoms with E-state index in [1.54, 1.807) is 38.4 Å². The van der Waals surface area contributed by atoms with Gasteiger partial charge in [-0.3, -0.25) is 4.99 Å². The lowest BCUT2D eigenvalue weighted by Gasteiger charge is -2.34. The Hall–Kier alpha value is -3.42. The Morgan fingerprint density at radius 3 is 2.91 bits per heavy atom. The number of aliphatic imine (C=N–C) groups is 1. The van der Waals surface area contributed by atoms with Crippen LogP contribution in [0.25, 0.3) is 10.9 Å². The summed E-state index contributed by atoms with van der Waals surface area (Å²) in [5.41, 5.74) is 6.07. The number of nitrogens with one attached hydrogen (secondary N) is 1. The second kappa shape index (κ2) is 8.66. The third kappa shape index (κ3) is 4.05. The van der Waals surface area contributed by atoms with Gasteiger partial charge in [0.1, 0.15) is 17.9 Å². The molecule has 10 heteroatoms. The van der Waals surface area contributed by atoms with Crippen molar-refractivity contribution in [3.63, 3.8) is 0 Å². The van der Waals surface area contributed by atoms with Crippen LogP contribution in [0.4, 0.5) is 20.3 Å². The number of hydrogen-bond donors (Lipinski definition) is 2. The van der Waals surface area contributed by atoms with Gasteiger partial charge in [0.2, 0.25) is 0 Å². The number of terminal acetylenes is 1. The van der Waals surface area contributed by atoms with Gasteiger partial charge in [-0.15, -0.1) is 6.42 Å². The number of thioether (sulfide) groups is 1. The minimum atomic E-state index is -1.04. The maximum absolute atomic E-state index is 15.2. The summed E-state index contributed by atoms with van der Waals surface area (Å²) in [7, 11) is 1.62. The summed E-state index contributed by atoms with van der Waals surface area (Å²) in [4.78, 5) is 13.3. The third-order valence-electron chi connectivity index (χ3n) is 6.47. The SMILES string of the molecule is C#CCOc1cnc2c(Nc3cc(F)c(F)c([C@]4(C)N=C(N)S[C@@]5(COC)C[C@H]54)c3)nccc2c1. The number of nitrogens with two attached hydrogens (primary N) is 1. The number of aromatic nitrogens is 2. The van der Waals surface area contributed by atoms with Gasteiger partial charge in [-0.25, -0.2) is 18.7 Å². The predicted molar refractivity (Wildman–Crippen MR) is 133 cm³/mol. The van der Waals surface area contributed by atoms with Gasteiger partial charge in [0, 0.05) is 41.9 Å². The van der Waals surface area contributed by atoms with Crippen LogP contribution in [0, 0.1) is 29.9 Å². The van der Waals surface area contributed by atoms with Crippen molar-refractivity contribution in [2.45, 2.75) is 23.6 Å². The van der Waals surface area contributed by atoms with Crippen LogP contribution in [0.2, 0.25) is 0 Å². The van der Waals surface area contributed by atoms with Crippen molar-refractivity contribution in [1.29, 1.82) is 0 Å². The molecule has 1 aromatic carbocycles. The van der Waals surface area contributed by atoms with Crippen molar-refractivity contribution in [2.75, 3.05) is 25.6 Å².